The van der Waals surface area contributed by atoms with Gasteiger partial charge in [0.15, 0.2) is 0 Å². The zero-order valence-corrected chi connectivity index (χ0v) is 36.5. The Balaban J connectivity index is 2.11. The number of carboxylic acid groups (broad SMARTS) is 1. The maximum Gasteiger partial charge on any atom is 0.305 e. The van der Waals surface area contributed by atoms with E-state index in [4.69, 9.17) is 0 Å². The van der Waals surface area contributed by atoms with E-state index in [0.717, 1.165) is 0 Å². The van der Waals surface area contributed by atoms with Crippen LogP contribution in [0.15, 0.2) is 24.3 Å². The predicted octanol–water partition coefficient (Wildman–Crippen LogP) is -2.34. The first-order chi connectivity index (χ1) is 28.9. The van der Waals surface area contributed by atoms with Crippen LogP contribution in [0.1, 0.15) is 86.6 Å². The Kier molecular flexibility index (Phi) is 18.2. The van der Waals surface area contributed by atoms with Crippen molar-refractivity contribution in [3.8, 4) is 5.75 Å². The second-order valence-corrected chi connectivity index (χ2v) is 17.4. The minimum Gasteiger partial charge on any atom is -0.508 e. The van der Waals surface area contributed by atoms with Gasteiger partial charge >= 0.3 is 5.97 Å². The number of carboxylic acids is 1. The van der Waals surface area contributed by atoms with Crippen LogP contribution in [0.3, 0.4) is 0 Å². The summed E-state index contributed by atoms with van der Waals surface area (Å²) in [5.74, 6) is -8.43. The molecule has 0 aromatic heterocycles. The number of aromatic hydroxyl groups is 1. The Morgan fingerprint density at radius 2 is 1.39 bits per heavy atom. The number of aliphatic hydroxyl groups is 1. The molecule has 2 saturated heterocycles. The summed E-state index contributed by atoms with van der Waals surface area (Å²) < 4.78 is 0. The number of nitrogens with zero attached hydrogens (tertiary/aromatic N) is 1. The van der Waals surface area contributed by atoms with Crippen molar-refractivity contribution in [3.63, 3.8) is 0 Å². The lowest BCUT2D eigenvalue weighted by molar-refractivity contribution is -0.141. The lowest BCUT2D eigenvalue weighted by atomic mass is 10.0. The van der Waals surface area contributed by atoms with Gasteiger partial charge in [-0.25, -0.2) is 0 Å². The molecule has 1 aromatic rings. The fourth-order valence-corrected chi connectivity index (χ4v) is 7.21. The first-order valence-corrected chi connectivity index (χ1v) is 20.7. The van der Waals surface area contributed by atoms with Crippen LogP contribution in [0.5, 0.6) is 5.75 Å². The van der Waals surface area contributed by atoms with Gasteiger partial charge in [-0.15, -0.1) is 0 Å². The van der Waals surface area contributed by atoms with Gasteiger partial charge in [0.25, 0.3) is 0 Å². The number of phenolic OH excluding ortho intramolecular Hbond substituents is 1. The molecule has 21 heteroatoms. The van der Waals surface area contributed by atoms with E-state index in [1.165, 1.54) is 32.9 Å². The molecule has 0 bridgehead atoms. The molecule has 0 saturated carbocycles. The van der Waals surface area contributed by atoms with Gasteiger partial charge in [-0.2, -0.15) is 0 Å². The Morgan fingerprint density at radius 1 is 0.790 bits per heavy atom. The van der Waals surface area contributed by atoms with Crippen LogP contribution >= 0.6 is 0 Å². The molecule has 2 aliphatic rings. The summed E-state index contributed by atoms with van der Waals surface area (Å²) in [5.41, 5.74) is -0.231. The third kappa shape index (κ3) is 15.3. The molecule has 21 nitrogen and oxygen atoms in total. The van der Waals surface area contributed by atoms with E-state index in [2.05, 4.69) is 42.5 Å². The fourth-order valence-electron chi connectivity index (χ4n) is 7.21. The van der Waals surface area contributed by atoms with Crippen molar-refractivity contribution in [1.82, 2.24) is 47.4 Å². The largest absolute Gasteiger partial charge is 0.508 e. The minimum absolute atomic E-state index is 0.0198. The highest BCUT2D eigenvalue weighted by Crippen LogP contribution is 2.24. The summed E-state index contributed by atoms with van der Waals surface area (Å²) in [6.45, 7) is 12.3. The quantitative estimate of drug-likeness (QED) is 0.131. The molecular formula is C41H63N9O12. The van der Waals surface area contributed by atoms with Crippen molar-refractivity contribution in [2.45, 2.75) is 147 Å². The number of aliphatic hydroxyl groups excluding tert-OH is 1. The number of fused-ring (bicyclic) bond motifs is 1. The molecule has 1 unspecified atom stereocenters. The third-order valence-electron chi connectivity index (χ3n) is 10.2. The predicted molar refractivity (Wildman–Crippen MR) is 223 cm³/mol. The molecule has 1 aromatic carbocycles. The second-order valence-electron chi connectivity index (χ2n) is 17.4. The standard InChI is InChI=1S/C41H63N9O12/c1-20(2)16-26-36(58)46-28(18-31(54)55)37(59)48-32(23(5)51)39(61)43-21(3)33(40(62)49-41(6,7)8)50-15-9-10-29(50)38(60)47-27(17-24-11-13-25(52)14-12-24)35(57)44-22(4)34(56)42-19-30(53)45-26/h11-14,20-23,26-29,32-33,51-52H,9-10,15-19H2,1-8H3,(H,42,56)(H,43,61)(H,44,57)(H,45,53)(H,46,58)(H,47,60)(H,48,59)(H,49,62)(H,54,55)/t21-,22+,23+,26-,27?,28+,29-,32-,33-/m0/s1. The van der Waals surface area contributed by atoms with E-state index >= 15 is 0 Å². The van der Waals surface area contributed by atoms with Crippen molar-refractivity contribution in [2.24, 2.45) is 5.92 Å². The maximum absolute atomic E-state index is 14.2. The summed E-state index contributed by atoms with van der Waals surface area (Å²) >= 11 is 0. The molecule has 11 N–H and O–H groups in total. The number of hydrogen-bond acceptors (Lipinski definition) is 12. The summed E-state index contributed by atoms with van der Waals surface area (Å²) in [6.07, 6.45) is -1.93. The van der Waals surface area contributed by atoms with Gasteiger partial charge in [-0.1, -0.05) is 26.0 Å². The molecule has 2 aliphatic heterocycles. The van der Waals surface area contributed by atoms with Crippen LogP contribution < -0.4 is 42.5 Å². The highest BCUT2D eigenvalue weighted by atomic mass is 16.4. The van der Waals surface area contributed by atoms with Crippen LogP contribution in [-0.4, -0.2) is 147 Å². The molecule has 344 valence electrons. The smallest absolute Gasteiger partial charge is 0.305 e. The van der Waals surface area contributed by atoms with Crippen LogP contribution in [0, 0.1) is 5.92 Å². The van der Waals surface area contributed by atoms with Gasteiger partial charge in [-0.05, 0) is 91.0 Å². The van der Waals surface area contributed by atoms with Gasteiger partial charge in [0.1, 0.15) is 42.0 Å². The number of rotatable bonds is 8. The van der Waals surface area contributed by atoms with E-state index in [1.54, 1.807) is 51.7 Å². The van der Waals surface area contributed by atoms with E-state index in [9.17, 15) is 58.5 Å². The van der Waals surface area contributed by atoms with Gasteiger partial charge in [0.2, 0.25) is 47.3 Å². The van der Waals surface area contributed by atoms with Crippen LogP contribution in [-0.2, 0) is 49.6 Å². The molecule has 0 radical (unpaired) electrons. The Hall–Kier alpha value is -5.83. The summed E-state index contributed by atoms with van der Waals surface area (Å²) in [4.78, 5) is 123. The Labute approximate surface area is 360 Å². The average molecular weight is 874 g/mol. The first-order valence-electron chi connectivity index (χ1n) is 20.7. The first kappa shape index (κ1) is 50.5. The van der Waals surface area contributed by atoms with E-state index in [-0.39, 0.29) is 37.5 Å². The molecule has 8 amide bonds. The van der Waals surface area contributed by atoms with Crippen molar-refractivity contribution >= 4 is 53.2 Å². The molecule has 62 heavy (non-hydrogen) atoms. The minimum atomic E-state index is -1.79. The molecule has 9 atom stereocenters. The van der Waals surface area contributed by atoms with E-state index in [1.807, 2.05) is 0 Å². The zero-order valence-electron chi connectivity index (χ0n) is 36.5. The number of carbonyl (C=O) groups is 9. The molecular weight excluding hydrogens is 811 g/mol. The number of carbonyl (C=O) groups excluding carboxylic acids is 8. The second kappa shape index (κ2) is 22.3. The third-order valence-corrected chi connectivity index (χ3v) is 10.2. The number of hydrogen-bond donors (Lipinski definition) is 11. The SMILES string of the molecule is CC(C)C[C@@H]1NC(=O)CNC(=O)[C@@H](C)NC(=O)C(Cc2ccc(O)cc2)NC(=O)[C@@H]2CCCN2[C@H](C(=O)NC(C)(C)C)[C@H](C)NC(=O)[C@H]([C@@H](C)O)NC(=O)[C@@H](CC(=O)O)NC1=O. The van der Waals surface area contributed by atoms with Crippen LogP contribution in [0.2, 0.25) is 0 Å². The van der Waals surface area contributed by atoms with Crippen LogP contribution in [0.25, 0.3) is 0 Å². The Bertz CT molecular complexity index is 1820. The molecule has 2 heterocycles. The molecule has 3 rings (SSSR count). The van der Waals surface area contributed by atoms with Gasteiger partial charge in [-0.3, -0.25) is 48.1 Å². The number of amides is 8. The highest BCUT2D eigenvalue weighted by Gasteiger charge is 2.44. The number of aliphatic carboxylic acids is 1. The molecule has 0 spiro atoms. The van der Waals surface area contributed by atoms with Gasteiger partial charge in [0.05, 0.1) is 31.2 Å². The topological polar surface area (TPSA) is 314 Å². The summed E-state index contributed by atoms with van der Waals surface area (Å²) in [6, 6.07) is -4.81. The number of benzene rings is 1. The molecule has 0 aliphatic carbocycles. The molecule has 2 fully saturated rings. The fraction of sp³-hybridized carbons (Fsp3) is 0.634. The highest BCUT2D eigenvalue weighted by molar-refractivity contribution is 5.98. The Morgan fingerprint density at radius 3 is 1.97 bits per heavy atom. The average Bonchev–Trinajstić information content (AvgIpc) is 3.63. The monoisotopic (exact) mass is 873 g/mol. The van der Waals surface area contributed by atoms with Crippen LogP contribution in [0.4, 0.5) is 0 Å². The van der Waals surface area contributed by atoms with Crippen molar-refractivity contribution < 1.29 is 58.5 Å². The van der Waals surface area contributed by atoms with Gasteiger partial charge < -0.3 is 57.9 Å². The van der Waals surface area contributed by atoms with Crippen molar-refractivity contribution in [2.75, 3.05) is 13.1 Å². The van der Waals surface area contributed by atoms with Crippen molar-refractivity contribution in [3.05, 3.63) is 29.8 Å². The lowest BCUT2D eigenvalue weighted by Gasteiger charge is -2.38. The lowest BCUT2D eigenvalue weighted by Crippen LogP contribution is -2.65. The summed E-state index contributed by atoms with van der Waals surface area (Å²) in [7, 11) is 0. The summed E-state index contributed by atoms with van der Waals surface area (Å²) in [5, 5.41) is 50.6. The number of phenols is 1. The maximum atomic E-state index is 14.2. The van der Waals surface area contributed by atoms with E-state index < -0.39 is 126 Å². The zero-order chi connectivity index (χ0) is 46.6. The van der Waals surface area contributed by atoms with E-state index in [0.29, 0.717) is 12.0 Å². The normalized spacial score (nSPS) is 27.5. The van der Waals surface area contributed by atoms with Crippen molar-refractivity contribution in [1.29, 1.82) is 0 Å². The van der Waals surface area contributed by atoms with Gasteiger partial charge in [0, 0.05) is 12.0 Å². The number of nitrogens with one attached hydrogen (secondary N) is 8.